The predicted molar refractivity (Wildman–Crippen MR) is 78.2 cm³/mol. The Labute approximate surface area is 126 Å². The van der Waals surface area contributed by atoms with Crippen LogP contribution in [0.1, 0.15) is 21.7 Å². The van der Waals surface area contributed by atoms with E-state index < -0.39 is 0 Å². The summed E-state index contributed by atoms with van der Waals surface area (Å²) >= 11 is 5.93. The van der Waals surface area contributed by atoms with Crippen LogP contribution in [-0.2, 0) is 0 Å². The molecular formula is C14H11ClN4O2. The molecule has 0 spiro atoms. The Morgan fingerprint density at radius 1 is 1.43 bits per heavy atom. The van der Waals surface area contributed by atoms with Crippen LogP contribution in [0.4, 0.5) is 11.5 Å². The van der Waals surface area contributed by atoms with Gasteiger partial charge in [-0.05, 0) is 19.1 Å². The molecule has 1 N–H and O–H groups in total. The average Bonchev–Trinajstić information content (AvgIpc) is 2.47. The van der Waals surface area contributed by atoms with Crippen LogP contribution in [-0.4, -0.2) is 23.4 Å². The lowest BCUT2D eigenvalue weighted by molar-refractivity contribution is 0.112. The van der Waals surface area contributed by atoms with E-state index in [-0.39, 0.29) is 16.5 Å². The molecule has 0 saturated carbocycles. The molecule has 1 aromatic heterocycles. The fourth-order valence-electron chi connectivity index (χ4n) is 1.79. The smallest absolute Gasteiger partial charge is 0.156 e. The summed E-state index contributed by atoms with van der Waals surface area (Å²) in [6, 6.07) is 7.07. The van der Waals surface area contributed by atoms with Gasteiger partial charge in [-0.1, -0.05) is 17.7 Å². The Kier molecular flexibility index (Phi) is 4.36. The van der Waals surface area contributed by atoms with Crippen LogP contribution >= 0.6 is 11.6 Å². The van der Waals surface area contributed by atoms with E-state index in [1.807, 2.05) is 0 Å². The first-order valence-electron chi connectivity index (χ1n) is 5.94. The number of aromatic nitrogens is 2. The minimum atomic E-state index is 0.0494. The lowest BCUT2D eigenvalue weighted by Crippen LogP contribution is -2.05. The highest BCUT2D eigenvalue weighted by atomic mass is 35.5. The van der Waals surface area contributed by atoms with E-state index in [9.17, 15) is 10.1 Å². The number of nitrogens with one attached hydrogen (secondary N) is 1. The Morgan fingerprint density at radius 3 is 2.81 bits per heavy atom. The van der Waals surface area contributed by atoms with Gasteiger partial charge in [0.1, 0.15) is 34.3 Å². The number of aryl methyl sites for hydroxylation is 1. The number of carbonyl (C=O) groups excluding carboxylic acids is 1. The lowest BCUT2D eigenvalue weighted by atomic mass is 10.1. The number of carbonyl (C=O) groups is 1. The van der Waals surface area contributed by atoms with Gasteiger partial charge in [0.2, 0.25) is 0 Å². The second kappa shape index (κ2) is 6.20. The molecule has 7 heteroatoms. The maximum atomic E-state index is 11.2. The molecule has 0 amide bonds. The zero-order valence-electron chi connectivity index (χ0n) is 11.3. The fourth-order valence-corrected chi connectivity index (χ4v) is 2.04. The quantitative estimate of drug-likeness (QED) is 0.690. The van der Waals surface area contributed by atoms with Crippen molar-refractivity contribution in [2.24, 2.45) is 0 Å². The zero-order valence-corrected chi connectivity index (χ0v) is 12.1. The number of ether oxygens (including phenoxy) is 1. The molecule has 0 radical (unpaired) electrons. The normalized spacial score (nSPS) is 9.81. The largest absolute Gasteiger partial charge is 0.495 e. The van der Waals surface area contributed by atoms with Crippen molar-refractivity contribution in [3.63, 3.8) is 0 Å². The average molecular weight is 303 g/mol. The number of benzene rings is 1. The van der Waals surface area contributed by atoms with Crippen molar-refractivity contribution in [3.8, 4) is 11.8 Å². The number of methoxy groups -OCH3 is 1. The molecule has 1 aromatic carbocycles. The molecule has 21 heavy (non-hydrogen) atoms. The van der Waals surface area contributed by atoms with E-state index in [2.05, 4.69) is 21.4 Å². The van der Waals surface area contributed by atoms with Gasteiger partial charge in [0, 0.05) is 0 Å². The minimum Gasteiger partial charge on any atom is -0.495 e. The van der Waals surface area contributed by atoms with Gasteiger partial charge in [-0.15, -0.1) is 0 Å². The SMILES string of the molecule is COc1cccc(C#N)c1Nc1nc(C)nc(Cl)c1C=O. The van der Waals surface area contributed by atoms with Crippen LogP contribution in [0.15, 0.2) is 18.2 Å². The summed E-state index contributed by atoms with van der Waals surface area (Å²) in [6.45, 7) is 1.65. The molecule has 0 aliphatic rings. The fraction of sp³-hybridized carbons (Fsp3) is 0.143. The maximum absolute atomic E-state index is 11.2. The third kappa shape index (κ3) is 2.93. The standard InChI is InChI=1S/C14H11ClN4O2/c1-8-17-13(15)10(7-20)14(18-8)19-12-9(6-16)4-3-5-11(12)21-2/h3-5,7H,1-2H3,(H,17,18,19). The van der Waals surface area contributed by atoms with E-state index in [1.54, 1.807) is 25.1 Å². The number of nitriles is 1. The van der Waals surface area contributed by atoms with Crippen molar-refractivity contribution in [2.75, 3.05) is 12.4 Å². The van der Waals surface area contributed by atoms with Gasteiger partial charge >= 0.3 is 0 Å². The molecule has 0 aliphatic carbocycles. The molecule has 2 aromatic rings. The topological polar surface area (TPSA) is 87.9 Å². The molecule has 0 atom stereocenters. The summed E-state index contributed by atoms with van der Waals surface area (Å²) in [5.41, 5.74) is 0.899. The molecule has 106 valence electrons. The molecule has 0 bridgehead atoms. The number of halogens is 1. The summed E-state index contributed by atoms with van der Waals surface area (Å²) in [5, 5.41) is 12.2. The van der Waals surface area contributed by atoms with Gasteiger partial charge in [-0.25, -0.2) is 9.97 Å². The summed E-state index contributed by atoms with van der Waals surface area (Å²) in [4.78, 5) is 19.2. The van der Waals surface area contributed by atoms with E-state index in [1.165, 1.54) is 7.11 Å². The predicted octanol–water partition coefficient (Wildman–Crippen LogP) is 2.87. The van der Waals surface area contributed by atoms with Crippen molar-refractivity contribution >= 4 is 29.4 Å². The second-order valence-electron chi connectivity index (χ2n) is 4.06. The van der Waals surface area contributed by atoms with Gasteiger partial charge in [0.05, 0.1) is 18.2 Å². The van der Waals surface area contributed by atoms with Crippen molar-refractivity contribution in [2.45, 2.75) is 6.92 Å². The van der Waals surface area contributed by atoms with Gasteiger partial charge in [-0.3, -0.25) is 4.79 Å². The Bertz CT molecular complexity index is 740. The summed E-state index contributed by atoms with van der Waals surface area (Å²) in [7, 11) is 1.49. The van der Waals surface area contributed by atoms with E-state index in [4.69, 9.17) is 16.3 Å². The molecule has 0 unspecified atom stereocenters. The molecule has 0 saturated heterocycles. The number of anilines is 2. The number of aldehydes is 1. The highest BCUT2D eigenvalue weighted by molar-refractivity contribution is 6.32. The van der Waals surface area contributed by atoms with Gasteiger partial charge in [0.25, 0.3) is 0 Å². The van der Waals surface area contributed by atoms with E-state index in [0.29, 0.717) is 29.1 Å². The van der Waals surface area contributed by atoms with E-state index in [0.717, 1.165) is 0 Å². The first kappa shape index (κ1) is 14.8. The molecule has 2 rings (SSSR count). The van der Waals surface area contributed by atoms with Crippen molar-refractivity contribution in [1.29, 1.82) is 5.26 Å². The molecule has 6 nitrogen and oxygen atoms in total. The van der Waals surface area contributed by atoms with Crippen molar-refractivity contribution < 1.29 is 9.53 Å². The molecule has 0 fully saturated rings. The number of rotatable bonds is 4. The van der Waals surface area contributed by atoms with Crippen LogP contribution in [0.25, 0.3) is 0 Å². The van der Waals surface area contributed by atoms with Crippen molar-refractivity contribution in [3.05, 3.63) is 40.3 Å². The number of hydrogen-bond donors (Lipinski definition) is 1. The zero-order chi connectivity index (χ0) is 15.4. The van der Waals surface area contributed by atoms with Crippen LogP contribution in [0, 0.1) is 18.3 Å². The van der Waals surface area contributed by atoms with Crippen LogP contribution in [0.2, 0.25) is 5.15 Å². The highest BCUT2D eigenvalue weighted by Crippen LogP contribution is 2.32. The third-order valence-corrected chi connectivity index (χ3v) is 3.03. The monoisotopic (exact) mass is 302 g/mol. The first-order valence-corrected chi connectivity index (χ1v) is 6.32. The van der Waals surface area contributed by atoms with Crippen LogP contribution in [0.5, 0.6) is 5.75 Å². The summed E-state index contributed by atoms with van der Waals surface area (Å²) < 4.78 is 5.22. The third-order valence-electron chi connectivity index (χ3n) is 2.74. The summed E-state index contributed by atoms with van der Waals surface area (Å²) in [5.74, 6) is 1.09. The highest BCUT2D eigenvalue weighted by Gasteiger charge is 2.15. The lowest BCUT2D eigenvalue weighted by Gasteiger charge is -2.14. The van der Waals surface area contributed by atoms with Crippen molar-refractivity contribution in [1.82, 2.24) is 9.97 Å². The Hall–Kier alpha value is -2.65. The van der Waals surface area contributed by atoms with Gasteiger partial charge in [0.15, 0.2) is 6.29 Å². The Morgan fingerprint density at radius 2 is 2.19 bits per heavy atom. The van der Waals surface area contributed by atoms with Gasteiger partial charge in [-0.2, -0.15) is 5.26 Å². The van der Waals surface area contributed by atoms with Crippen LogP contribution < -0.4 is 10.1 Å². The number of hydrogen-bond acceptors (Lipinski definition) is 6. The molecule has 0 aliphatic heterocycles. The minimum absolute atomic E-state index is 0.0494. The number of para-hydroxylation sites is 1. The first-order chi connectivity index (χ1) is 10.1. The molecule has 1 heterocycles. The van der Waals surface area contributed by atoms with E-state index >= 15 is 0 Å². The second-order valence-corrected chi connectivity index (χ2v) is 4.42. The molecular weight excluding hydrogens is 292 g/mol. The van der Waals surface area contributed by atoms with Gasteiger partial charge < -0.3 is 10.1 Å². The Balaban J connectivity index is 2.58. The van der Waals surface area contributed by atoms with Crippen LogP contribution in [0.3, 0.4) is 0 Å². The maximum Gasteiger partial charge on any atom is 0.156 e. The summed E-state index contributed by atoms with van der Waals surface area (Å²) in [6.07, 6.45) is 0.561. The number of nitrogens with zero attached hydrogens (tertiary/aromatic N) is 3.